The van der Waals surface area contributed by atoms with Gasteiger partial charge in [0.05, 0.1) is 28.6 Å². The molecule has 0 saturated heterocycles. The number of nitrogens with two attached hydrogens (primary N) is 1. The number of nitrogens with one attached hydrogen (secondary N) is 2. The highest BCUT2D eigenvalue weighted by atomic mass is 32.2. The normalized spacial score (nSPS) is 17.7. The number of nitrogens with zero attached hydrogens (tertiary/aromatic N) is 1. The van der Waals surface area contributed by atoms with Gasteiger partial charge in [-0.3, -0.25) is 9.59 Å². The lowest BCUT2D eigenvalue weighted by atomic mass is 9.64. The molecule has 0 spiro atoms. The lowest BCUT2D eigenvalue weighted by Crippen LogP contribution is -2.53. The average molecular weight is 715 g/mol. The monoisotopic (exact) mass is 714 g/mol. The van der Waals surface area contributed by atoms with Gasteiger partial charge in [0.1, 0.15) is 11.6 Å². The zero-order valence-corrected chi connectivity index (χ0v) is 29.8. The Bertz CT molecular complexity index is 1730. The molecule has 0 saturated carbocycles. The minimum Gasteiger partial charge on any atom is -0.394 e. The molecule has 0 heterocycles. The highest BCUT2D eigenvalue weighted by molar-refractivity contribution is 7.93. The Morgan fingerprint density at radius 3 is 2.30 bits per heavy atom. The van der Waals surface area contributed by atoms with Crippen LogP contribution in [0.5, 0.6) is 0 Å². The van der Waals surface area contributed by atoms with Crippen LogP contribution in [0.4, 0.5) is 8.78 Å². The maximum Gasteiger partial charge on any atom is 0.249 e. The Morgan fingerprint density at radius 1 is 1.10 bits per heavy atom. The van der Waals surface area contributed by atoms with E-state index in [0.717, 1.165) is 23.8 Å². The summed E-state index contributed by atoms with van der Waals surface area (Å²) in [5.41, 5.74) is 4.24. The van der Waals surface area contributed by atoms with Crippen LogP contribution in [0, 0.1) is 35.3 Å². The summed E-state index contributed by atoms with van der Waals surface area (Å²) in [7, 11) is -4.52. The largest absolute Gasteiger partial charge is 0.394 e. The Labute approximate surface area is 293 Å². The van der Waals surface area contributed by atoms with Crippen molar-refractivity contribution in [3.05, 3.63) is 93.4 Å². The molecule has 2 aromatic carbocycles. The summed E-state index contributed by atoms with van der Waals surface area (Å²) in [6, 6.07) is 9.92. The Balaban J connectivity index is 2.21. The molecule has 50 heavy (non-hydrogen) atoms. The number of hydrogen-bond donors (Lipinski definition) is 5. The molecule has 2 amide bonds. The first kappa shape index (κ1) is 40.5. The zero-order valence-electron chi connectivity index (χ0n) is 29.0. The fraction of sp³-hybridized carbons (Fsp3) is 0.459. The molecule has 1 aliphatic carbocycles. The maximum atomic E-state index is 14.4. The molecule has 2 aromatic rings. The van der Waals surface area contributed by atoms with Crippen LogP contribution in [0.1, 0.15) is 63.6 Å². The van der Waals surface area contributed by atoms with E-state index in [2.05, 4.69) is 16.0 Å². The number of aliphatic hydroxyl groups is 2. The lowest BCUT2D eigenvalue weighted by Gasteiger charge is -2.42. The topological polar surface area (TPSA) is 162 Å². The van der Waals surface area contributed by atoms with E-state index in [1.807, 2.05) is 19.9 Å². The summed E-state index contributed by atoms with van der Waals surface area (Å²) in [6.07, 6.45) is 6.87. The molecular formula is C37H48F2N4O6S. The minimum atomic E-state index is -4.52. The first-order chi connectivity index (χ1) is 23.5. The van der Waals surface area contributed by atoms with Gasteiger partial charge < -0.3 is 26.2 Å². The van der Waals surface area contributed by atoms with E-state index < -0.39 is 74.4 Å². The SMILES string of the molecule is C#Cc1cccc(CNC[C@H](O)[C@@H](Cc2cc(F)cc(F)c2)C2(C(N)=O)C=C(S(=O)(=O)NC(C)(C)CO)C=C(C(=O)N(CCC)CCC)C2)c1. The number of hydrogen-bond acceptors (Lipinski definition) is 7. The first-order valence-electron chi connectivity index (χ1n) is 16.6. The van der Waals surface area contributed by atoms with Gasteiger partial charge in [-0.15, -0.1) is 6.42 Å². The van der Waals surface area contributed by atoms with Gasteiger partial charge in [0.25, 0.3) is 0 Å². The Morgan fingerprint density at radius 2 is 1.74 bits per heavy atom. The number of halogens is 2. The molecule has 3 atom stereocenters. The smallest absolute Gasteiger partial charge is 0.249 e. The highest BCUT2D eigenvalue weighted by Gasteiger charge is 2.50. The first-order valence-corrected chi connectivity index (χ1v) is 18.1. The van der Waals surface area contributed by atoms with Crippen LogP contribution < -0.4 is 15.8 Å². The molecular weight excluding hydrogens is 666 g/mol. The van der Waals surface area contributed by atoms with E-state index in [1.165, 1.54) is 19.9 Å². The summed E-state index contributed by atoms with van der Waals surface area (Å²) >= 11 is 0. The molecule has 0 bridgehead atoms. The van der Waals surface area contributed by atoms with Crippen LogP contribution in [0.2, 0.25) is 0 Å². The average Bonchev–Trinajstić information content (AvgIpc) is 3.05. The highest BCUT2D eigenvalue weighted by Crippen LogP contribution is 2.45. The van der Waals surface area contributed by atoms with Crippen molar-refractivity contribution in [2.45, 2.75) is 71.6 Å². The summed E-state index contributed by atoms with van der Waals surface area (Å²) in [5.74, 6) is -2.09. The fourth-order valence-corrected chi connectivity index (χ4v) is 7.76. The number of benzene rings is 2. The van der Waals surface area contributed by atoms with Gasteiger partial charge in [-0.2, -0.15) is 0 Å². The number of terminal acetylenes is 1. The number of primary amides is 1. The number of allylic oxidation sites excluding steroid dienone is 1. The number of sulfonamides is 1. The second-order valence-electron chi connectivity index (χ2n) is 13.4. The molecule has 0 radical (unpaired) electrons. The van der Waals surface area contributed by atoms with Crippen LogP contribution in [-0.2, 0) is 32.6 Å². The van der Waals surface area contributed by atoms with Crippen molar-refractivity contribution in [2.24, 2.45) is 17.1 Å². The van der Waals surface area contributed by atoms with Gasteiger partial charge in [0.15, 0.2) is 0 Å². The number of carbonyl (C=O) groups is 2. The third kappa shape index (κ3) is 10.3. The van der Waals surface area contributed by atoms with E-state index in [4.69, 9.17) is 12.2 Å². The quantitative estimate of drug-likeness (QED) is 0.148. The molecule has 0 aliphatic heterocycles. The molecule has 272 valence electrons. The van der Waals surface area contributed by atoms with Crippen LogP contribution in [0.3, 0.4) is 0 Å². The summed E-state index contributed by atoms with van der Waals surface area (Å²) < 4.78 is 59.0. The number of rotatable bonds is 18. The minimum absolute atomic E-state index is 0.0444. The van der Waals surface area contributed by atoms with Crippen molar-refractivity contribution in [3.8, 4) is 12.3 Å². The van der Waals surface area contributed by atoms with Crippen LogP contribution in [-0.4, -0.2) is 73.2 Å². The molecule has 0 aromatic heterocycles. The van der Waals surface area contributed by atoms with Crippen molar-refractivity contribution in [1.82, 2.24) is 14.9 Å². The van der Waals surface area contributed by atoms with E-state index in [1.54, 1.807) is 23.1 Å². The standard InChI is InChI=1S/C37H48F2N4O6S/c1-6-12-43(13-7-2)34(46)28-18-31(50(48,49)42-36(4,5)24-44)21-37(20-28,35(40)47)32(17-27-15-29(38)19-30(39)16-27)33(45)23-41-22-26-11-9-10-25(8-3)14-26/h3,9-11,14-16,18-19,21,32-33,41-42,44-45H,6-7,12-13,17,20,22-24H2,1-2,4-5H3,(H2,40,47)/t32-,33+,37?/m1/s1. The molecule has 1 aliphatic rings. The van der Waals surface area contributed by atoms with Crippen molar-refractivity contribution in [3.63, 3.8) is 0 Å². The Hall–Kier alpha value is -3.93. The third-order valence-electron chi connectivity index (χ3n) is 8.60. The van der Waals surface area contributed by atoms with Crippen molar-refractivity contribution < 1.29 is 37.0 Å². The van der Waals surface area contributed by atoms with E-state index in [0.29, 0.717) is 37.6 Å². The van der Waals surface area contributed by atoms with Crippen molar-refractivity contribution >= 4 is 21.8 Å². The van der Waals surface area contributed by atoms with Crippen LogP contribution >= 0.6 is 0 Å². The molecule has 6 N–H and O–H groups in total. The second kappa shape index (κ2) is 17.3. The van der Waals surface area contributed by atoms with Crippen LogP contribution in [0.25, 0.3) is 0 Å². The predicted molar refractivity (Wildman–Crippen MR) is 188 cm³/mol. The number of aliphatic hydroxyl groups excluding tert-OH is 2. The van der Waals surface area contributed by atoms with E-state index in [9.17, 15) is 37.0 Å². The van der Waals surface area contributed by atoms with Gasteiger partial charge in [-0.1, -0.05) is 31.9 Å². The van der Waals surface area contributed by atoms with E-state index in [-0.39, 0.29) is 30.6 Å². The van der Waals surface area contributed by atoms with Crippen molar-refractivity contribution in [2.75, 3.05) is 26.2 Å². The van der Waals surface area contributed by atoms with Gasteiger partial charge in [0.2, 0.25) is 21.8 Å². The van der Waals surface area contributed by atoms with Crippen molar-refractivity contribution in [1.29, 1.82) is 0 Å². The second-order valence-corrected chi connectivity index (χ2v) is 15.1. The molecule has 10 nitrogen and oxygen atoms in total. The maximum absolute atomic E-state index is 14.4. The molecule has 13 heteroatoms. The predicted octanol–water partition coefficient (Wildman–Crippen LogP) is 3.28. The van der Waals surface area contributed by atoms with E-state index >= 15 is 0 Å². The summed E-state index contributed by atoms with van der Waals surface area (Å²) in [4.78, 5) is 28.9. The molecule has 3 rings (SSSR count). The summed E-state index contributed by atoms with van der Waals surface area (Å²) in [6.45, 7) is 6.90. The molecule has 0 fully saturated rings. The lowest BCUT2D eigenvalue weighted by molar-refractivity contribution is -0.132. The Kier molecular flexibility index (Phi) is 14.0. The van der Waals surface area contributed by atoms with Gasteiger partial charge in [0, 0.05) is 49.3 Å². The molecule has 1 unspecified atom stereocenters. The zero-order chi connectivity index (χ0) is 37.3. The van der Waals surface area contributed by atoms with Gasteiger partial charge >= 0.3 is 0 Å². The third-order valence-corrected chi connectivity index (χ3v) is 10.3. The summed E-state index contributed by atoms with van der Waals surface area (Å²) in [5, 5.41) is 24.8. The number of carbonyl (C=O) groups excluding carboxylic acids is 2. The number of amides is 2. The van der Waals surface area contributed by atoms with Crippen LogP contribution in [0.15, 0.2) is 65.1 Å². The fourth-order valence-electron chi connectivity index (χ4n) is 6.19. The van der Waals surface area contributed by atoms with Gasteiger partial charge in [-0.25, -0.2) is 21.9 Å². The van der Waals surface area contributed by atoms with Gasteiger partial charge in [-0.05, 0) is 87.1 Å².